The van der Waals surface area contributed by atoms with E-state index >= 15 is 0 Å². The molecule has 25 heavy (non-hydrogen) atoms. The van der Waals surface area contributed by atoms with Crippen LogP contribution in [0.4, 0.5) is 10.6 Å². The number of anilines is 1. The average Bonchev–Trinajstić information content (AvgIpc) is 2.52. The number of nitrogens with zero attached hydrogens (tertiary/aromatic N) is 4. The molecule has 0 aromatic carbocycles. The molecule has 140 valence electrons. The van der Waals surface area contributed by atoms with Crippen molar-refractivity contribution in [3.05, 3.63) is 11.2 Å². The maximum Gasteiger partial charge on any atom is 0.410 e. The monoisotopic (exact) mass is 370 g/mol. The second kappa shape index (κ2) is 8.08. The minimum atomic E-state index is -0.487. The molecule has 0 aliphatic carbocycles. The van der Waals surface area contributed by atoms with Gasteiger partial charge in [0.1, 0.15) is 16.6 Å². The minimum Gasteiger partial charge on any atom is -0.464 e. The van der Waals surface area contributed by atoms with Gasteiger partial charge in [-0.1, -0.05) is 11.6 Å². The van der Waals surface area contributed by atoms with Crippen molar-refractivity contribution in [1.29, 1.82) is 0 Å². The van der Waals surface area contributed by atoms with Crippen LogP contribution in [-0.4, -0.2) is 59.3 Å². The van der Waals surface area contributed by atoms with E-state index in [1.54, 1.807) is 18.0 Å². The molecular weight excluding hydrogens is 344 g/mol. The number of carbonyl (C=O) groups is 1. The van der Waals surface area contributed by atoms with E-state index in [-0.39, 0.29) is 18.1 Å². The van der Waals surface area contributed by atoms with Crippen molar-refractivity contribution < 1.29 is 14.3 Å². The molecule has 1 amide bonds. The maximum atomic E-state index is 12.2. The summed E-state index contributed by atoms with van der Waals surface area (Å²) in [7, 11) is 1.79. The summed E-state index contributed by atoms with van der Waals surface area (Å²) in [6.07, 6.45) is 1.39. The highest BCUT2D eigenvalue weighted by Crippen LogP contribution is 2.25. The summed E-state index contributed by atoms with van der Waals surface area (Å²) in [5.74, 6) is 0.752. The average molecular weight is 371 g/mol. The van der Waals surface area contributed by atoms with E-state index in [1.807, 2.05) is 27.7 Å². The van der Waals surface area contributed by atoms with Crippen molar-refractivity contribution in [2.24, 2.45) is 0 Å². The number of ether oxygens (including phenoxy) is 2. The fraction of sp³-hybridized carbons (Fsp3) is 0.706. The van der Waals surface area contributed by atoms with Crippen LogP contribution in [0.15, 0.2) is 6.07 Å². The molecule has 0 radical (unpaired) electrons. The van der Waals surface area contributed by atoms with Crippen LogP contribution in [0.25, 0.3) is 0 Å². The van der Waals surface area contributed by atoms with Crippen LogP contribution in [0, 0.1) is 0 Å². The first kappa shape index (κ1) is 19.6. The second-order valence-electron chi connectivity index (χ2n) is 7.07. The lowest BCUT2D eigenvalue weighted by molar-refractivity contribution is 0.0201. The second-order valence-corrected chi connectivity index (χ2v) is 7.46. The van der Waals surface area contributed by atoms with Gasteiger partial charge in [0.2, 0.25) is 0 Å². The van der Waals surface area contributed by atoms with E-state index in [1.165, 1.54) is 0 Å². The van der Waals surface area contributed by atoms with Gasteiger partial charge in [0.15, 0.2) is 0 Å². The molecule has 8 heteroatoms. The molecular formula is C17H27ClN4O3. The molecule has 1 fully saturated rings. The van der Waals surface area contributed by atoms with Crippen molar-refractivity contribution in [2.45, 2.75) is 52.2 Å². The molecule has 1 aromatic heterocycles. The summed E-state index contributed by atoms with van der Waals surface area (Å²) in [4.78, 5) is 24.5. The third-order valence-electron chi connectivity index (χ3n) is 3.95. The lowest BCUT2D eigenvalue weighted by atomic mass is 10.0. The summed E-state index contributed by atoms with van der Waals surface area (Å²) >= 11 is 6.06. The van der Waals surface area contributed by atoms with Crippen LogP contribution in [0.2, 0.25) is 5.15 Å². The van der Waals surface area contributed by atoms with Crippen molar-refractivity contribution in [3.8, 4) is 6.01 Å². The fourth-order valence-corrected chi connectivity index (χ4v) is 2.88. The van der Waals surface area contributed by atoms with E-state index in [0.29, 0.717) is 11.8 Å². The highest BCUT2D eigenvalue weighted by Gasteiger charge is 2.29. The number of hydrogen-bond acceptors (Lipinski definition) is 6. The SMILES string of the molecule is CCOc1nc(Cl)cc(N2CCC(N(C)C(=O)OC(C)(C)C)CC2)n1. The first-order chi connectivity index (χ1) is 11.7. The molecule has 0 saturated carbocycles. The van der Waals surface area contributed by atoms with Gasteiger partial charge in [0.05, 0.1) is 6.61 Å². The fourth-order valence-electron chi connectivity index (χ4n) is 2.71. The minimum absolute atomic E-state index is 0.148. The third kappa shape index (κ3) is 5.63. The summed E-state index contributed by atoms with van der Waals surface area (Å²) in [6, 6.07) is 2.18. The van der Waals surface area contributed by atoms with Crippen LogP contribution in [0.3, 0.4) is 0 Å². The third-order valence-corrected chi connectivity index (χ3v) is 4.15. The first-order valence-electron chi connectivity index (χ1n) is 8.57. The van der Waals surface area contributed by atoms with Crippen LogP contribution >= 0.6 is 11.6 Å². The first-order valence-corrected chi connectivity index (χ1v) is 8.95. The van der Waals surface area contributed by atoms with Crippen LogP contribution in [0.5, 0.6) is 6.01 Å². The zero-order valence-corrected chi connectivity index (χ0v) is 16.3. The van der Waals surface area contributed by atoms with Crippen molar-refractivity contribution in [2.75, 3.05) is 31.6 Å². The topological polar surface area (TPSA) is 67.8 Å². The summed E-state index contributed by atoms with van der Waals surface area (Å²) in [5, 5.41) is 0.362. The lowest BCUT2D eigenvalue weighted by Crippen LogP contribution is -2.47. The molecule has 0 spiro atoms. The van der Waals surface area contributed by atoms with E-state index in [0.717, 1.165) is 31.7 Å². The van der Waals surface area contributed by atoms with Crippen LogP contribution in [0.1, 0.15) is 40.5 Å². The van der Waals surface area contributed by atoms with E-state index < -0.39 is 5.60 Å². The maximum absolute atomic E-state index is 12.2. The Balaban J connectivity index is 1.96. The molecule has 0 N–H and O–H groups in total. The van der Waals surface area contributed by atoms with Gasteiger partial charge in [0.25, 0.3) is 0 Å². The predicted molar refractivity (Wildman–Crippen MR) is 97.4 cm³/mol. The molecule has 2 rings (SSSR count). The van der Waals surface area contributed by atoms with Crippen LogP contribution in [-0.2, 0) is 4.74 Å². The molecule has 1 aliphatic rings. The number of rotatable bonds is 4. The molecule has 0 unspecified atom stereocenters. The summed E-state index contributed by atoms with van der Waals surface area (Å²) < 4.78 is 10.8. The van der Waals surface area contributed by atoms with E-state index in [2.05, 4.69) is 14.9 Å². The van der Waals surface area contributed by atoms with Crippen molar-refractivity contribution in [1.82, 2.24) is 14.9 Å². The van der Waals surface area contributed by atoms with Gasteiger partial charge in [-0.25, -0.2) is 4.79 Å². The van der Waals surface area contributed by atoms with Gasteiger partial charge in [-0.05, 0) is 40.5 Å². The number of piperidine rings is 1. The van der Waals surface area contributed by atoms with Gasteiger partial charge in [-0.3, -0.25) is 0 Å². The normalized spacial score (nSPS) is 15.8. The molecule has 1 saturated heterocycles. The smallest absolute Gasteiger partial charge is 0.410 e. The van der Waals surface area contributed by atoms with Crippen molar-refractivity contribution in [3.63, 3.8) is 0 Å². The molecule has 0 bridgehead atoms. The Morgan fingerprint density at radius 2 is 2.00 bits per heavy atom. The zero-order valence-electron chi connectivity index (χ0n) is 15.6. The Kier molecular flexibility index (Phi) is 6.32. The van der Waals surface area contributed by atoms with Gasteiger partial charge in [-0.15, -0.1) is 0 Å². The Labute approximate surface area is 154 Å². The Bertz CT molecular complexity index is 598. The number of aromatic nitrogens is 2. The van der Waals surface area contributed by atoms with E-state index in [9.17, 15) is 4.79 Å². The Hall–Kier alpha value is -1.76. The van der Waals surface area contributed by atoms with Crippen LogP contribution < -0.4 is 9.64 Å². The lowest BCUT2D eigenvalue weighted by Gasteiger charge is -2.37. The number of halogens is 1. The molecule has 1 aliphatic heterocycles. The van der Waals surface area contributed by atoms with Gasteiger partial charge >= 0.3 is 12.1 Å². The number of amides is 1. The zero-order chi connectivity index (χ0) is 18.6. The van der Waals surface area contributed by atoms with E-state index in [4.69, 9.17) is 21.1 Å². The number of carbonyl (C=O) groups excluding carboxylic acids is 1. The standard InChI is InChI=1S/C17H27ClN4O3/c1-6-24-15-19-13(18)11-14(20-15)22-9-7-12(8-10-22)21(5)16(23)25-17(2,3)4/h11-12H,6-10H2,1-5H3. The van der Waals surface area contributed by atoms with Gasteiger partial charge in [-0.2, -0.15) is 9.97 Å². The Morgan fingerprint density at radius 1 is 1.36 bits per heavy atom. The highest BCUT2D eigenvalue weighted by molar-refractivity contribution is 6.29. The summed E-state index contributed by atoms with van der Waals surface area (Å²) in [5.41, 5.74) is -0.487. The largest absolute Gasteiger partial charge is 0.464 e. The van der Waals surface area contributed by atoms with Gasteiger partial charge in [0, 0.05) is 32.2 Å². The predicted octanol–water partition coefficient (Wildman–Crippen LogP) is 3.36. The quantitative estimate of drug-likeness (QED) is 0.757. The number of hydrogen-bond donors (Lipinski definition) is 0. The molecule has 0 atom stereocenters. The Morgan fingerprint density at radius 3 is 2.56 bits per heavy atom. The summed E-state index contributed by atoms with van der Waals surface area (Å²) in [6.45, 7) is 9.53. The van der Waals surface area contributed by atoms with Crippen molar-refractivity contribution >= 4 is 23.5 Å². The molecule has 2 heterocycles. The van der Waals surface area contributed by atoms with Gasteiger partial charge < -0.3 is 19.3 Å². The molecule has 1 aromatic rings. The molecule has 7 nitrogen and oxygen atoms in total. The highest BCUT2D eigenvalue weighted by atomic mass is 35.5.